The molecule has 1 aliphatic carbocycles. The normalized spacial score (nSPS) is 28.9. The second kappa shape index (κ2) is 6.58. The summed E-state index contributed by atoms with van der Waals surface area (Å²) in [6.45, 7) is 7.60. The van der Waals surface area contributed by atoms with E-state index < -0.39 is 0 Å². The van der Waals surface area contributed by atoms with Crippen LogP contribution >= 0.6 is 0 Å². The third kappa shape index (κ3) is 3.84. The Hall–Kier alpha value is -0.300. The van der Waals surface area contributed by atoms with Gasteiger partial charge in [-0.2, -0.15) is 0 Å². The molecule has 1 heterocycles. The molecule has 2 fully saturated rings. The average Bonchev–Trinajstić information content (AvgIpc) is 2.38. The highest BCUT2D eigenvalue weighted by Crippen LogP contribution is 2.36. The first-order valence-corrected chi connectivity index (χ1v) is 7.65. The van der Waals surface area contributed by atoms with Crippen LogP contribution in [0.25, 0.3) is 0 Å². The molecular weight excluding hydrogens is 206 g/mol. The van der Waals surface area contributed by atoms with E-state index in [0.717, 1.165) is 17.9 Å². The van der Waals surface area contributed by atoms with Gasteiger partial charge in [-0.3, -0.25) is 0 Å². The summed E-state index contributed by atoms with van der Waals surface area (Å²) in [6.07, 6.45) is 12.8. The highest BCUT2D eigenvalue weighted by atomic mass is 14.9. The Balaban J connectivity index is 1.97. The molecule has 0 bridgehead atoms. The number of nitrogens with one attached hydrogen (secondary N) is 1. The van der Waals surface area contributed by atoms with Crippen molar-refractivity contribution in [1.29, 1.82) is 0 Å². The summed E-state index contributed by atoms with van der Waals surface area (Å²) in [5.74, 6) is 1.84. The summed E-state index contributed by atoms with van der Waals surface area (Å²) in [7, 11) is 0. The zero-order valence-electron chi connectivity index (χ0n) is 11.5. The van der Waals surface area contributed by atoms with E-state index in [1.54, 1.807) is 0 Å². The number of allylic oxidation sites excluding steroid dienone is 1. The minimum absolute atomic E-state index is 0.781. The van der Waals surface area contributed by atoms with Gasteiger partial charge in [0.25, 0.3) is 0 Å². The van der Waals surface area contributed by atoms with Crippen molar-refractivity contribution in [3.8, 4) is 0 Å². The van der Waals surface area contributed by atoms with Crippen LogP contribution in [0.1, 0.15) is 64.7 Å². The predicted octanol–water partition coefficient (Wildman–Crippen LogP) is 4.29. The maximum atomic E-state index is 4.16. The molecular formula is C16H29N. The first kappa shape index (κ1) is 13.1. The maximum absolute atomic E-state index is 4.16. The van der Waals surface area contributed by atoms with Crippen molar-refractivity contribution in [2.24, 2.45) is 11.8 Å². The van der Waals surface area contributed by atoms with Gasteiger partial charge in [-0.15, -0.1) is 6.58 Å². The molecule has 1 saturated carbocycles. The zero-order valence-corrected chi connectivity index (χ0v) is 11.5. The fourth-order valence-electron chi connectivity index (χ4n) is 3.85. The van der Waals surface area contributed by atoms with Gasteiger partial charge < -0.3 is 5.32 Å². The molecule has 2 rings (SSSR count). The monoisotopic (exact) mass is 235 g/mol. The highest BCUT2D eigenvalue weighted by molar-refractivity contribution is 4.97. The number of piperidine rings is 1. The second-order valence-corrected chi connectivity index (χ2v) is 6.28. The molecule has 0 radical (unpaired) electrons. The van der Waals surface area contributed by atoms with E-state index in [4.69, 9.17) is 0 Å². The molecule has 2 atom stereocenters. The van der Waals surface area contributed by atoms with Gasteiger partial charge in [0.1, 0.15) is 0 Å². The average molecular weight is 235 g/mol. The topological polar surface area (TPSA) is 12.0 Å². The van der Waals surface area contributed by atoms with Gasteiger partial charge in [0.15, 0.2) is 0 Å². The van der Waals surface area contributed by atoms with E-state index in [2.05, 4.69) is 18.8 Å². The smallest absolute Gasteiger partial charge is 0.0101 e. The van der Waals surface area contributed by atoms with Crippen molar-refractivity contribution in [2.45, 2.75) is 70.8 Å². The minimum Gasteiger partial charge on any atom is -0.314 e. The molecule has 1 N–H and O–H groups in total. The Kier molecular flexibility index (Phi) is 5.09. The van der Waals surface area contributed by atoms with Crippen LogP contribution in [0.5, 0.6) is 0 Å². The summed E-state index contributed by atoms with van der Waals surface area (Å²) in [4.78, 5) is 0. The molecule has 1 nitrogen and oxygen atoms in total. The standard InChI is InChI=1S/C16H29N/c1-13(2)12-15(14-8-4-3-5-9-14)16-10-6-7-11-17-16/h14-17H,1,3-12H2,2H3. The second-order valence-electron chi connectivity index (χ2n) is 6.28. The van der Waals surface area contributed by atoms with Crippen LogP contribution in [-0.2, 0) is 0 Å². The molecule has 0 aromatic heterocycles. The van der Waals surface area contributed by atoms with Gasteiger partial charge in [0.2, 0.25) is 0 Å². The summed E-state index contributed by atoms with van der Waals surface area (Å²) >= 11 is 0. The van der Waals surface area contributed by atoms with Crippen molar-refractivity contribution in [2.75, 3.05) is 6.54 Å². The molecule has 1 saturated heterocycles. The Labute approximate surface area is 107 Å². The van der Waals surface area contributed by atoms with Crippen molar-refractivity contribution in [3.05, 3.63) is 12.2 Å². The molecule has 0 spiro atoms. The fourth-order valence-corrected chi connectivity index (χ4v) is 3.85. The summed E-state index contributed by atoms with van der Waals surface area (Å²) in [5, 5.41) is 3.78. The fraction of sp³-hybridized carbons (Fsp3) is 0.875. The minimum atomic E-state index is 0.781. The lowest BCUT2D eigenvalue weighted by Gasteiger charge is -2.38. The lowest BCUT2D eigenvalue weighted by molar-refractivity contribution is 0.174. The van der Waals surface area contributed by atoms with E-state index in [1.165, 1.54) is 69.9 Å². The lowest BCUT2D eigenvalue weighted by atomic mass is 9.72. The summed E-state index contributed by atoms with van der Waals surface area (Å²) in [5.41, 5.74) is 1.38. The third-order valence-electron chi connectivity index (χ3n) is 4.70. The zero-order chi connectivity index (χ0) is 12.1. The molecule has 17 heavy (non-hydrogen) atoms. The van der Waals surface area contributed by atoms with Crippen LogP contribution in [0.3, 0.4) is 0 Å². The molecule has 1 aliphatic heterocycles. The highest BCUT2D eigenvalue weighted by Gasteiger charge is 2.30. The lowest BCUT2D eigenvalue weighted by Crippen LogP contribution is -2.43. The predicted molar refractivity (Wildman–Crippen MR) is 75.1 cm³/mol. The van der Waals surface area contributed by atoms with Gasteiger partial charge in [0, 0.05) is 6.04 Å². The molecule has 98 valence electrons. The Morgan fingerprint density at radius 1 is 1.12 bits per heavy atom. The maximum Gasteiger partial charge on any atom is 0.0101 e. The largest absolute Gasteiger partial charge is 0.314 e. The number of rotatable bonds is 4. The van der Waals surface area contributed by atoms with Gasteiger partial charge in [-0.05, 0) is 44.6 Å². The Morgan fingerprint density at radius 2 is 1.82 bits per heavy atom. The Morgan fingerprint density at radius 3 is 2.41 bits per heavy atom. The molecule has 0 amide bonds. The van der Waals surface area contributed by atoms with Crippen LogP contribution in [0.4, 0.5) is 0 Å². The van der Waals surface area contributed by atoms with Gasteiger partial charge in [-0.25, -0.2) is 0 Å². The van der Waals surface area contributed by atoms with Crippen molar-refractivity contribution in [1.82, 2.24) is 5.32 Å². The summed E-state index contributed by atoms with van der Waals surface area (Å²) < 4.78 is 0. The third-order valence-corrected chi connectivity index (χ3v) is 4.70. The van der Waals surface area contributed by atoms with E-state index in [-0.39, 0.29) is 0 Å². The first-order valence-electron chi connectivity index (χ1n) is 7.65. The Bertz CT molecular complexity index is 216. The van der Waals surface area contributed by atoms with Gasteiger partial charge >= 0.3 is 0 Å². The van der Waals surface area contributed by atoms with Gasteiger partial charge in [-0.1, -0.05) is 44.1 Å². The van der Waals surface area contributed by atoms with E-state index >= 15 is 0 Å². The molecule has 1 heteroatoms. The molecule has 0 aromatic carbocycles. The van der Waals surface area contributed by atoms with Crippen LogP contribution in [0.2, 0.25) is 0 Å². The van der Waals surface area contributed by atoms with Crippen LogP contribution in [0.15, 0.2) is 12.2 Å². The number of hydrogen-bond acceptors (Lipinski definition) is 1. The number of hydrogen-bond donors (Lipinski definition) is 1. The van der Waals surface area contributed by atoms with Gasteiger partial charge in [0.05, 0.1) is 0 Å². The first-order chi connectivity index (χ1) is 8.27. The SMILES string of the molecule is C=C(C)CC(C1CCCCC1)C1CCCCN1. The molecule has 0 aromatic rings. The van der Waals surface area contributed by atoms with E-state index in [9.17, 15) is 0 Å². The van der Waals surface area contributed by atoms with Crippen LogP contribution in [0, 0.1) is 11.8 Å². The molecule has 2 unspecified atom stereocenters. The van der Waals surface area contributed by atoms with E-state index in [0.29, 0.717) is 0 Å². The molecule has 2 aliphatic rings. The quantitative estimate of drug-likeness (QED) is 0.717. The van der Waals surface area contributed by atoms with E-state index in [1.807, 2.05) is 0 Å². The van der Waals surface area contributed by atoms with Crippen molar-refractivity contribution < 1.29 is 0 Å². The van der Waals surface area contributed by atoms with Crippen molar-refractivity contribution >= 4 is 0 Å². The van der Waals surface area contributed by atoms with Crippen LogP contribution in [-0.4, -0.2) is 12.6 Å². The summed E-state index contributed by atoms with van der Waals surface area (Å²) in [6, 6.07) is 0.781. The van der Waals surface area contributed by atoms with Crippen molar-refractivity contribution in [3.63, 3.8) is 0 Å². The van der Waals surface area contributed by atoms with Crippen LogP contribution < -0.4 is 5.32 Å².